The van der Waals surface area contributed by atoms with Crippen molar-refractivity contribution in [3.8, 4) is 0 Å². The van der Waals surface area contributed by atoms with Crippen molar-refractivity contribution in [2.24, 2.45) is 0 Å². The number of fused-ring (bicyclic) bond motifs is 1. The Hall–Kier alpha value is -2.96. The van der Waals surface area contributed by atoms with Crippen LogP contribution in [-0.4, -0.2) is 39.4 Å². The van der Waals surface area contributed by atoms with Gasteiger partial charge in [0.2, 0.25) is 5.91 Å². The molecule has 0 spiro atoms. The average molecular weight is 298 g/mol. The number of imide groups is 1. The van der Waals surface area contributed by atoms with Crippen LogP contribution in [0.5, 0.6) is 0 Å². The molecule has 22 heavy (non-hydrogen) atoms. The number of H-pyrrole nitrogens is 1. The minimum absolute atomic E-state index is 0.194. The first-order chi connectivity index (χ1) is 10.7. The second-order valence-corrected chi connectivity index (χ2v) is 4.93. The standard InChI is InChI=1S/C15H14N4O3/c20-13(17-12-7-8-16-18-12)6-3-9-19-14(21)10-4-1-2-5-11(10)15(19)22/h1-2,4-5,7-8H,3,6,9H2,(H2,16,17,18,20). The summed E-state index contributed by atoms with van der Waals surface area (Å²) in [7, 11) is 0. The van der Waals surface area contributed by atoms with E-state index in [4.69, 9.17) is 0 Å². The van der Waals surface area contributed by atoms with Crippen LogP contribution in [0.15, 0.2) is 36.5 Å². The summed E-state index contributed by atoms with van der Waals surface area (Å²) in [5.41, 5.74) is 0.851. The molecule has 3 rings (SSSR count). The maximum Gasteiger partial charge on any atom is 0.261 e. The SMILES string of the molecule is O=C(CCCN1C(=O)c2ccccc2C1=O)Nc1ccn[nH]1. The molecule has 1 aromatic carbocycles. The summed E-state index contributed by atoms with van der Waals surface area (Å²) in [5, 5.41) is 8.99. The molecule has 0 aliphatic carbocycles. The normalized spacial score (nSPS) is 13.4. The number of hydrogen-bond acceptors (Lipinski definition) is 4. The molecule has 0 saturated carbocycles. The van der Waals surface area contributed by atoms with E-state index >= 15 is 0 Å². The van der Waals surface area contributed by atoms with E-state index in [1.807, 2.05) is 0 Å². The lowest BCUT2D eigenvalue weighted by Gasteiger charge is -2.13. The third-order valence-corrected chi connectivity index (χ3v) is 3.44. The van der Waals surface area contributed by atoms with Gasteiger partial charge in [-0.1, -0.05) is 12.1 Å². The number of nitrogens with zero attached hydrogens (tertiary/aromatic N) is 2. The van der Waals surface area contributed by atoms with E-state index in [1.54, 1.807) is 30.3 Å². The quantitative estimate of drug-likeness (QED) is 0.816. The topological polar surface area (TPSA) is 95.2 Å². The lowest BCUT2D eigenvalue weighted by atomic mass is 10.1. The van der Waals surface area contributed by atoms with Crippen molar-refractivity contribution >= 4 is 23.5 Å². The van der Waals surface area contributed by atoms with Crippen molar-refractivity contribution in [2.45, 2.75) is 12.8 Å². The Kier molecular flexibility index (Phi) is 3.69. The second kappa shape index (κ2) is 5.80. The first kappa shape index (κ1) is 14.0. The van der Waals surface area contributed by atoms with Gasteiger partial charge in [-0.2, -0.15) is 5.10 Å². The average Bonchev–Trinajstić information content (AvgIpc) is 3.10. The first-order valence-electron chi connectivity index (χ1n) is 6.91. The Balaban J connectivity index is 1.54. The lowest BCUT2D eigenvalue weighted by molar-refractivity contribution is -0.116. The molecule has 2 heterocycles. The number of benzene rings is 1. The Labute approximate surface area is 126 Å². The molecule has 0 unspecified atom stereocenters. The van der Waals surface area contributed by atoms with Crippen molar-refractivity contribution in [1.29, 1.82) is 0 Å². The third-order valence-electron chi connectivity index (χ3n) is 3.44. The van der Waals surface area contributed by atoms with Crippen LogP contribution in [0.2, 0.25) is 0 Å². The molecule has 1 aromatic heterocycles. The zero-order valence-corrected chi connectivity index (χ0v) is 11.7. The number of carbonyl (C=O) groups is 3. The van der Waals surface area contributed by atoms with Crippen molar-refractivity contribution in [2.75, 3.05) is 11.9 Å². The summed E-state index contributed by atoms with van der Waals surface area (Å²) in [6.45, 7) is 0.225. The predicted molar refractivity (Wildman–Crippen MR) is 78.3 cm³/mol. The number of carbonyl (C=O) groups excluding carboxylic acids is 3. The monoisotopic (exact) mass is 298 g/mol. The van der Waals surface area contributed by atoms with Gasteiger partial charge in [-0.25, -0.2) is 0 Å². The maximum atomic E-state index is 12.1. The van der Waals surface area contributed by atoms with E-state index in [9.17, 15) is 14.4 Å². The molecule has 0 atom stereocenters. The van der Waals surface area contributed by atoms with Crippen LogP contribution in [0, 0.1) is 0 Å². The fraction of sp³-hybridized carbons (Fsp3) is 0.200. The molecule has 3 amide bonds. The number of nitrogens with one attached hydrogen (secondary N) is 2. The molecule has 0 saturated heterocycles. The molecule has 0 radical (unpaired) electrons. The van der Waals surface area contributed by atoms with Gasteiger partial charge in [0.1, 0.15) is 5.82 Å². The minimum Gasteiger partial charge on any atom is -0.311 e. The van der Waals surface area contributed by atoms with E-state index in [1.165, 1.54) is 11.1 Å². The van der Waals surface area contributed by atoms with Gasteiger partial charge in [-0.3, -0.25) is 24.4 Å². The molecular weight excluding hydrogens is 284 g/mol. The summed E-state index contributed by atoms with van der Waals surface area (Å²) in [6.07, 6.45) is 2.16. The minimum atomic E-state index is -0.297. The van der Waals surface area contributed by atoms with Crippen LogP contribution in [-0.2, 0) is 4.79 Å². The van der Waals surface area contributed by atoms with Gasteiger partial charge in [0.25, 0.3) is 11.8 Å². The molecule has 7 heteroatoms. The highest BCUT2D eigenvalue weighted by atomic mass is 16.2. The van der Waals surface area contributed by atoms with Gasteiger partial charge in [-0.15, -0.1) is 0 Å². The fourth-order valence-electron chi connectivity index (χ4n) is 2.38. The highest BCUT2D eigenvalue weighted by Gasteiger charge is 2.34. The van der Waals surface area contributed by atoms with Crippen LogP contribution in [0.25, 0.3) is 0 Å². The van der Waals surface area contributed by atoms with Gasteiger partial charge >= 0.3 is 0 Å². The molecule has 2 aromatic rings. The van der Waals surface area contributed by atoms with Crippen LogP contribution in [0.4, 0.5) is 5.82 Å². The number of anilines is 1. The third kappa shape index (κ3) is 2.60. The second-order valence-electron chi connectivity index (χ2n) is 4.93. The lowest BCUT2D eigenvalue weighted by Crippen LogP contribution is -2.31. The van der Waals surface area contributed by atoms with Crippen molar-refractivity contribution in [3.05, 3.63) is 47.7 Å². The van der Waals surface area contributed by atoms with Gasteiger partial charge in [0.05, 0.1) is 17.3 Å². The van der Waals surface area contributed by atoms with Crippen molar-refractivity contribution < 1.29 is 14.4 Å². The highest BCUT2D eigenvalue weighted by molar-refractivity contribution is 6.21. The van der Waals surface area contributed by atoms with Crippen molar-refractivity contribution in [1.82, 2.24) is 15.1 Å². The fourth-order valence-corrected chi connectivity index (χ4v) is 2.38. The smallest absolute Gasteiger partial charge is 0.261 e. The molecule has 1 aliphatic heterocycles. The van der Waals surface area contributed by atoms with Gasteiger partial charge < -0.3 is 5.32 Å². The van der Waals surface area contributed by atoms with E-state index in [-0.39, 0.29) is 30.7 Å². The summed E-state index contributed by atoms with van der Waals surface area (Å²) in [4.78, 5) is 37.2. The zero-order chi connectivity index (χ0) is 15.5. The van der Waals surface area contributed by atoms with Gasteiger partial charge in [0.15, 0.2) is 0 Å². The zero-order valence-electron chi connectivity index (χ0n) is 11.7. The number of aromatic amines is 1. The number of rotatable bonds is 5. The Bertz CT molecular complexity index is 689. The van der Waals surface area contributed by atoms with Gasteiger partial charge in [0, 0.05) is 19.0 Å². The maximum absolute atomic E-state index is 12.1. The van der Waals surface area contributed by atoms with E-state index in [0.29, 0.717) is 23.4 Å². The Morgan fingerprint density at radius 3 is 2.41 bits per heavy atom. The summed E-state index contributed by atoms with van der Waals surface area (Å²) in [6, 6.07) is 8.37. The Morgan fingerprint density at radius 2 is 1.82 bits per heavy atom. The van der Waals surface area contributed by atoms with E-state index in [2.05, 4.69) is 15.5 Å². The van der Waals surface area contributed by atoms with Crippen LogP contribution >= 0.6 is 0 Å². The van der Waals surface area contributed by atoms with Gasteiger partial charge in [-0.05, 0) is 18.6 Å². The van der Waals surface area contributed by atoms with E-state index < -0.39 is 0 Å². The number of aromatic nitrogens is 2. The molecule has 7 nitrogen and oxygen atoms in total. The predicted octanol–water partition coefficient (Wildman–Crippen LogP) is 1.42. The van der Waals surface area contributed by atoms with E-state index in [0.717, 1.165) is 0 Å². The first-order valence-corrected chi connectivity index (χ1v) is 6.91. The number of amides is 3. The summed E-state index contributed by atoms with van der Waals surface area (Å²) < 4.78 is 0. The van der Waals surface area contributed by atoms with Crippen LogP contribution in [0.1, 0.15) is 33.6 Å². The Morgan fingerprint density at radius 1 is 1.14 bits per heavy atom. The molecule has 2 N–H and O–H groups in total. The molecule has 0 bridgehead atoms. The summed E-state index contributed by atoms with van der Waals surface area (Å²) >= 11 is 0. The highest BCUT2D eigenvalue weighted by Crippen LogP contribution is 2.22. The molecular formula is C15H14N4O3. The molecule has 112 valence electrons. The van der Waals surface area contributed by atoms with Crippen LogP contribution < -0.4 is 5.32 Å². The van der Waals surface area contributed by atoms with Crippen LogP contribution in [0.3, 0.4) is 0 Å². The number of hydrogen-bond donors (Lipinski definition) is 2. The van der Waals surface area contributed by atoms with Crippen molar-refractivity contribution in [3.63, 3.8) is 0 Å². The summed E-state index contributed by atoms with van der Waals surface area (Å²) in [5.74, 6) is -0.268. The largest absolute Gasteiger partial charge is 0.311 e. The molecule has 0 fully saturated rings. The molecule has 1 aliphatic rings.